The van der Waals surface area contributed by atoms with Gasteiger partial charge in [0.1, 0.15) is 6.61 Å². The molecule has 3 aromatic heterocycles. The number of hydrogen-bond acceptors (Lipinski definition) is 6. The number of nitrogens with zero attached hydrogens (tertiary/aromatic N) is 2. The highest BCUT2D eigenvalue weighted by molar-refractivity contribution is 7.15. The molecule has 0 spiro atoms. The lowest BCUT2D eigenvalue weighted by Gasteiger charge is -2.07. The van der Waals surface area contributed by atoms with E-state index in [9.17, 15) is 14.4 Å². The van der Waals surface area contributed by atoms with Gasteiger partial charge >= 0.3 is 5.97 Å². The fourth-order valence-electron chi connectivity index (χ4n) is 2.55. The third-order valence-corrected chi connectivity index (χ3v) is 4.43. The number of hydrogen-bond donors (Lipinski definition) is 1. The summed E-state index contributed by atoms with van der Waals surface area (Å²) in [5, 5.41) is 2.34. The monoisotopic (exact) mass is 353 g/mol. The second-order valence-electron chi connectivity index (χ2n) is 5.31. The van der Waals surface area contributed by atoms with Gasteiger partial charge in [0.05, 0.1) is 11.3 Å². The van der Waals surface area contributed by atoms with E-state index in [1.807, 2.05) is 0 Å². The molecule has 1 aromatic carbocycles. The van der Waals surface area contributed by atoms with Crippen molar-refractivity contribution in [2.24, 2.45) is 0 Å². The van der Waals surface area contributed by atoms with Gasteiger partial charge in [-0.2, -0.15) is 0 Å². The molecule has 7 nitrogen and oxygen atoms in total. The summed E-state index contributed by atoms with van der Waals surface area (Å²) in [6.45, 7) is -0.149. The lowest BCUT2D eigenvalue weighted by Crippen LogP contribution is -2.16. The number of H-pyrrole nitrogens is 1. The average Bonchev–Trinajstić information content (AvgIpc) is 3.08. The fraction of sp³-hybridized carbons (Fsp3) is 0.0588. The number of para-hydroxylation sites is 1. The van der Waals surface area contributed by atoms with Crippen molar-refractivity contribution in [2.45, 2.75) is 6.61 Å². The van der Waals surface area contributed by atoms with E-state index >= 15 is 0 Å². The van der Waals surface area contributed by atoms with Gasteiger partial charge in [0.15, 0.2) is 4.96 Å². The van der Waals surface area contributed by atoms with Crippen LogP contribution in [-0.2, 0) is 11.3 Å². The zero-order chi connectivity index (χ0) is 17.4. The Bertz CT molecular complexity index is 1220. The standard InChI is InChI=1S/C17H11N3O4S/c21-14-8-12(11-3-1-2-4-13(11)19-14)16(23)24-9-10-7-15(22)20-5-6-25-17(20)18-10/h1-8H,9H2,(H,19,21). The Hall–Kier alpha value is -3.26. The minimum atomic E-state index is -0.643. The minimum Gasteiger partial charge on any atom is -0.456 e. The summed E-state index contributed by atoms with van der Waals surface area (Å²) < 4.78 is 6.68. The number of aromatic nitrogens is 3. The van der Waals surface area contributed by atoms with Crippen LogP contribution in [0.4, 0.5) is 0 Å². The molecule has 0 aliphatic rings. The lowest BCUT2D eigenvalue weighted by atomic mass is 10.1. The van der Waals surface area contributed by atoms with Crippen LogP contribution in [0.2, 0.25) is 0 Å². The van der Waals surface area contributed by atoms with Crippen LogP contribution in [0, 0.1) is 0 Å². The maximum absolute atomic E-state index is 12.4. The van der Waals surface area contributed by atoms with Crippen molar-refractivity contribution in [3.8, 4) is 0 Å². The van der Waals surface area contributed by atoms with Crippen molar-refractivity contribution < 1.29 is 9.53 Å². The fourth-order valence-corrected chi connectivity index (χ4v) is 3.29. The normalized spacial score (nSPS) is 11.0. The quantitative estimate of drug-likeness (QED) is 0.568. The largest absolute Gasteiger partial charge is 0.456 e. The molecule has 3 heterocycles. The summed E-state index contributed by atoms with van der Waals surface area (Å²) in [6.07, 6.45) is 1.63. The number of thiazole rings is 1. The second kappa shape index (κ2) is 5.99. The Labute approximate surface area is 144 Å². The van der Waals surface area contributed by atoms with Crippen LogP contribution < -0.4 is 11.1 Å². The number of rotatable bonds is 3. The molecule has 4 aromatic rings. The van der Waals surface area contributed by atoms with Crippen molar-refractivity contribution >= 4 is 33.2 Å². The summed E-state index contributed by atoms with van der Waals surface area (Å²) in [5.41, 5.74) is 0.461. The van der Waals surface area contributed by atoms with Crippen LogP contribution >= 0.6 is 11.3 Å². The molecule has 0 atom stereocenters. The van der Waals surface area contributed by atoms with E-state index in [0.717, 1.165) is 0 Å². The van der Waals surface area contributed by atoms with Gasteiger partial charge in [0.2, 0.25) is 5.56 Å². The third kappa shape index (κ3) is 2.83. The predicted octanol–water partition coefficient (Wildman–Crippen LogP) is 1.95. The molecule has 0 saturated carbocycles. The van der Waals surface area contributed by atoms with E-state index in [4.69, 9.17) is 4.74 Å². The van der Waals surface area contributed by atoms with Gasteiger partial charge in [-0.05, 0) is 6.07 Å². The van der Waals surface area contributed by atoms with Crippen molar-refractivity contribution in [2.75, 3.05) is 0 Å². The number of aromatic amines is 1. The van der Waals surface area contributed by atoms with Crippen molar-refractivity contribution in [1.29, 1.82) is 0 Å². The van der Waals surface area contributed by atoms with Gasteiger partial charge in [0.25, 0.3) is 5.56 Å². The molecule has 4 rings (SSSR count). The Morgan fingerprint density at radius 3 is 2.96 bits per heavy atom. The van der Waals surface area contributed by atoms with Crippen LogP contribution in [0.25, 0.3) is 15.9 Å². The molecular formula is C17H11N3O4S. The van der Waals surface area contributed by atoms with Gasteiger partial charge in [-0.25, -0.2) is 9.78 Å². The van der Waals surface area contributed by atoms with E-state index in [-0.39, 0.29) is 23.3 Å². The highest BCUT2D eigenvalue weighted by Crippen LogP contribution is 2.16. The zero-order valence-electron chi connectivity index (χ0n) is 12.8. The average molecular weight is 353 g/mol. The molecule has 0 amide bonds. The van der Waals surface area contributed by atoms with Crippen LogP contribution in [0.1, 0.15) is 16.1 Å². The number of benzene rings is 1. The highest BCUT2D eigenvalue weighted by Gasteiger charge is 2.14. The Morgan fingerprint density at radius 1 is 1.24 bits per heavy atom. The summed E-state index contributed by atoms with van der Waals surface area (Å²) in [7, 11) is 0. The van der Waals surface area contributed by atoms with Gasteiger partial charge in [0, 0.05) is 34.6 Å². The smallest absolute Gasteiger partial charge is 0.339 e. The summed E-state index contributed by atoms with van der Waals surface area (Å²) in [6, 6.07) is 9.49. The van der Waals surface area contributed by atoms with Gasteiger partial charge in [-0.3, -0.25) is 14.0 Å². The number of fused-ring (bicyclic) bond motifs is 2. The Morgan fingerprint density at radius 2 is 2.08 bits per heavy atom. The molecule has 0 radical (unpaired) electrons. The maximum atomic E-state index is 12.4. The predicted molar refractivity (Wildman–Crippen MR) is 93.0 cm³/mol. The van der Waals surface area contributed by atoms with Gasteiger partial charge in [-0.1, -0.05) is 18.2 Å². The number of ether oxygens (including phenoxy) is 1. The second-order valence-corrected chi connectivity index (χ2v) is 6.18. The van der Waals surface area contributed by atoms with Crippen molar-refractivity contribution in [3.05, 3.63) is 79.9 Å². The Kier molecular flexibility index (Phi) is 3.66. The van der Waals surface area contributed by atoms with E-state index in [0.29, 0.717) is 21.6 Å². The van der Waals surface area contributed by atoms with Gasteiger partial charge in [-0.15, -0.1) is 11.3 Å². The first-order valence-electron chi connectivity index (χ1n) is 7.37. The molecule has 1 N–H and O–H groups in total. The lowest BCUT2D eigenvalue weighted by molar-refractivity contribution is 0.0470. The molecular weight excluding hydrogens is 342 g/mol. The molecule has 0 fully saturated rings. The zero-order valence-corrected chi connectivity index (χ0v) is 13.6. The molecule has 0 aliphatic heterocycles. The molecule has 0 unspecified atom stereocenters. The van der Waals surface area contributed by atoms with Gasteiger partial charge < -0.3 is 9.72 Å². The molecule has 0 bridgehead atoms. The van der Waals surface area contributed by atoms with Crippen LogP contribution in [0.15, 0.2) is 57.6 Å². The molecule has 25 heavy (non-hydrogen) atoms. The first-order valence-corrected chi connectivity index (χ1v) is 8.25. The highest BCUT2D eigenvalue weighted by atomic mass is 32.1. The van der Waals surface area contributed by atoms with E-state index in [1.165, 1.54) is 27.9 Å². The van der Waals surface area contributed by atoms with E-state index in [2.05, 4.69) is 9.97 Å². The summed E-state index contributed by atoms with van der Waals surface area (Å²) in [4.78, 5) is 43.5. The van der Waals surface area contributed by atoms with Crippen molar-refractivity contribution in [1.82, 2.24) is 14.4 Å². The number of pyridine rings is 1. The molecule has 0 saturated heterocycles. The SMILES string of the molecule is O=C(OCc1cc(=O)n2ccsc2n1)c1cc(=O)[nH]c2ccccc12. The first kappa shape index (κ1) is 15.3. The van der Waals surface area contributed by atoms with Crippen LogP contribution in [0.3, 0.4) is 0 Å². The topological polar surface area (TPSA) is 93.5 Å². The molecule has 8 heteroatoms. The summed E-state index contributed by atoms with van der Waals surface area (Å²) in [5.74, 6) is -0.643. The van der Waals surface area contributed by atoms with Crippen LogP contribution in [-0.4, -0.2) is 20.3 Å². The Balaban J connectivity index is 1.64. The maximum Gasteiger partial charge on any atom is 0.339 e. The minimum absolute atomic E-state index is 0.149. The number of esters is 1. The third-order valence-electron chi connectivity index (χ3n) is 3.68. The van der Waals surface area contributed by atoms with Crippen LogP contribution in [0.5, 0.6) is 0 Å². The summed E-state index contributed by atoms with van der Waals surface area (Å²) >= 11 is 1.32. The van der Waals surface area contributed by atoms with Crippen molar-refractivity contribution in [3.63, 3.8) is 0 Å². The number of carbonyl (C=O) groups excluding carboxylic acids is 1. The van der Waals surface area contributed by atoms with E-state index < -0.39 is 5.97 Å². The first-order chi connectivity index (χ1) is 12.1. The molecule has 124 valence electrons. The molecule has 0 aliphatic carbocycles. The number of nitrogens with one attached hydrogen (secondary N) is 1. The van der Waals surface area contributed by atoms with E-state index in [1.54, 1.807) is 35.8 Å². The number of carbonyl (C=O) groups is 1.